The van der Waals surface area contributed by atoms with Crippen molar-refractivity contribution in [2.45, 2.75) is 19.0 Å². The van der Waals surface area contributed by atoms with Crippen LogP contribution in [0.15, 0.2) is 34.1 Å². The average Bonchev–Trinajstić information content (AvgIpc) is 3.01. The van der Waals surface area contributed by atoms with Gasteiger partial charge in [-0.3, -0.25) is 4.79 Å². The molecule has 0 saturated carbocycles. The first-order valence-corrected chi connectivity index (χ1v) is 10.8. The molecule has 1 aromatic heterocycles. The van der Waals surface area contributed by atoms with Gasteiger partial charge in [-0.15, -0.1) is 16.1 Å². The minimum absolute atomic E-state index is 0.0700. The van der Waals surface area contributed by atoms with Crippen LogP contribution >= 0.6 is 38.9 Å². The number of halogens is 3. The second-order valence-electron chi connectivity index (χ2n) is 5.95. The summed E-state index contributed by atoms with van der Waals surface area (Å²) in [4.78, 5) is 13.8. The Morgan fingerprint density at radius 1 is 1.46 bits per heavy atom. The molecule has 1 aromatic carbocycles. The fourth-order valence-corrected chi connectivity index (χ4v) is 5.99. The van der Waals surface area contributed by atoms with Gasteiger partial charge in [-0.1, -0.05) is 22.8 Å². The van der Waals surface area contributed by atoms with E-state index in [1.807, 2.05) is 19.1 Å². The van der Waals surface area contributed by atoms with Gasteiger partial charge < -0.3 is 9.87 Å². The number of anilines is 1. The molecule has 2 N–H and O–H groups in total. The van der Waals surface area contributed by atoms with Crippen LogP contribution in [0.2, 0.25) is 5.02 Å². The van der Waals surface area contributed by atoms with Crippen molar-refractivity contribution in [3.63, 3.8) is 0 Å². The Kier molecular flexibility index (Phi) is 6.28. The molecule has 5 nitrogen and oxygen atoms in total. The Morgan fingerprint density at radius 2 is 2.19 bits per heavy atom. The van der Waals surface area contributed by atoms with E-state index >= 15 is 0 Å². The van der Waals surface area contributed by atoms with Crippen LogP contribution in [0.1, 0.15) is 17.8 Å². The van der Waals surface area contributed by atoms with Crippen molar-refractivity contribution in [2.24, 2.45) is 5.92 Å². The van der Waals surface area contributed by atoms with Crippen LogP contribution in [0.25, 0.3) is 0 Å². The Morgan fingerprint density at radius 3 is 2.81 bits per heavy atom. The molecule has 1 saturated heterocycles. The van der Waals surface area contributed by atoms with Gasteiger partial charge in [-0.25, -0.2) is 4.39 Å². The Bertz CT molecular complexity index is 825. The lowest BCUT2D eigenvalue weighted by molar-refractivity contribution is -0.121. The zero-order valence-corrected chi connectivity index (χ0v) is 17.8. The maximum atomic E-state index is 13.3. The fraction of sp³-hybridized carbons (Fsp3) is 0.312. The Labute approximate surface area is 171 Å². The second-order valence-corrected chi connectivity index (χ2v) is 10.2. The van der Waals surface area contributed by atoms with Crippen LogP contribution in [-0.4, -0.2) is 27.9 Å². The summed E-state index contributed by atoms with van der Waals surface area (Å²) >= 11 is 9.22. The van der Waals surface area contributed by atoms with E-state index in [0.29, 0.717) is 5.69 Å². The molecular formula is C16H16BrClFN3O2S2. The molecule has 1 fully saturated rings. The van der Waals surface area contributed by atoms with Gasteiger partial charge in [0.1, 0.15) is 23.4 Å². The first-order valence-electron chi connectivity index (χ1n) is 7.70. The van der Waals surface area contributed by atoms with E-state index in [1.165, 1.54) is 33.8 Å². The number of amides is 1. The Hall–Kier alpha value is -0.680. The van der Waals surface area contributed by atoms with Crippen LogP contribution in [0.4, 0.5) is 10.1 Å². The van der Waals surface area contributed by atoms with Gasteiger partial charge in [0.05, 0.1) is 14.9 Å². The molecule has 4 atom stereocenters. The second kappa shape index (κ2) is 8.14. The van der Waals surface area contributed by atoms with Crippen molar-refractivity contribution >= 4 is 62.0 Å². The van der Waals surface area contributed by atoms with Crippen molar-refractivity contribution in [2.75, 3.05) is 12.4 Å². The smallest absolute Gasteiger partial charge is 0.246 e. The minimum atomic E-state index is -1.52. The van der Waals surface area contributed by atoms with E-state index in [-0.39, 0.29) is 22.9 Å². The maximum Gasteiger partial charge on any atom is 0.246 e. The van der Waals surface area contributed by atoms with Gasteiger partial charge in [0.2, 0.25) is 5.91 Å². The van der Waals surface area contributed by atoms with Crippen molar-refractivity contribution in [3.05, 3.63) is 49.8 Å². The highest BCUT2D eigenvalue weighted by Gasteiger charge is 2.47. The van der Waals surface area contributed by atoms with Crippen LogP contribution in [0, 0.1) is 11.7 Å². The predicted molar refractivity (Wildman–Crippen MR) is 107 cm³/mol. The first-order chi connectivity index (χ1) is 12.3. The number of benzene rings is 1. The normalized spacial score (nSPS) is 26.7. The van der Waals surface area contributed by atoms with Gasteiger partial charge in [0.25, 0.3) is 0 Å². The highest BCUT2D eigenvalue weighted by Crippen LogP contribution is 2.38. The number of rotatable bonds is 3. The number of nitrogens with one attached hydrogen (secondary N) is 2. The van der Waals surface area contributed by atoms with E-state index in [0.717, 1.165) is 8.66 Å². The van der Waals surface area contributed by atoms with E-state index < -0.39 is 23.4 Å². The summed E-state index contributed by atoms with van der Waals surface area (Å²) in [6.45, 7) is 1.93. The average molecular weight is 481 g/mol. The van der Waals surface area contributed by atoms with Crippen LogP contribution < -0.4 is 10.0 Å². The van der Waals surface area contributed by atoms with E-state index in [9.17, 15) is 13.7 Å². The molecule has 1 aliphatic rings. The summed E-state index contributed by atoms with van der Waals surface area (Å²) in [5.41, 5.74) is 0.390. The molecule has 0 aliphatic carbocycles. The van der Waals surface area contributed by atoms with Crippen LogP contribution in [-0.2, 0) is 16.3 Å². The molecule has 0 spiro atoms. The lowest BCUT2D eigenvalue weighted by Gasteiger charge is -2.40. The van der Waals surface area contributed by atoms with E-state index in [2.05, 4.69) is 26.0 Å². The third kappa shape index (κ3) is 4.09. The highest BCUT2D eigenvalue weighted by molar-refractivity contribution is 9.11. The number of nitrogens with zero attached hydrogens (tertiary/aromatic N) is 1. The molecule has 4 unspecified atom stereocenters. The molecular weight excluding hydrogens is 465 g/mol. The van der Waals surface area contributed by atoms with E-state index in [4.69, 9.17) is 11.6 Å². The molecule has 1 amide bonds. The standard InChI is InChI=1S/C16H16BrClFN3O2S2/c1-8-14(12-5-6-13(17)25-12)21-26(24)22(2)15(8)16(23)20-9-3-4-11(19)10(18)7-9/h3-8,14-15,21H,1-2H3,(H,20,23). The largest absolute Gasteiger partial charge is 0.579 e. The molecule has 0 radical (unpaired) electrons. The molecule has 2 aromatic rings. The lowest BCUT2D eigenvalue weighted by atomic mass is 9.92. The number of hydrogen-bond donors (Lipinski definition) is 2. The van der Waals surface area contributed by atoms with Crippen molar-refractivity contribution in [1.82, 2.24) is 9.03 Å². The van der Waals surface area contributed by atoms with Gasteiger partial charge in [0.15, 0.2) is 0 Å². The summed E-state index contributed by atoms with van der Waals surface area (Å²) in [7, 11) is 1.63. The molecule has 26 heavy (non-hydrogen) atoms. The van der Waals surface area contributed by atoms with Gasteiger partial charge in [-0.2, -0.15) is 0 Å². The molecule has 10 heteroatoms. The van der Waals surface area contributed by atoms with Gasteiger partial charge >= 0.3 is 0 Å². The predicted octanol–water partition coefficient (Wildman–Crippen LogP) is 4.10. The topological polar surface area (TPSA) is 67.4 Å². The van der Waals surface area contributed by atoms with Crippen molar-refractivity contribution in [3.8, 4) is 0 Å². The monoisotopic (exact) mass is 479 g/mol. The summed E-state index contributed by atoms with van der Waals surface area (Å²) in [6, 6.07) is 6.99. The number of carbonyl (C=O) groups is 1. The number of likely N-dealkylation sites (N-methyl/N-ethyl adjacent to an activating group) is 1. The molecule has 0 bridgehead atoms. The fourth-order valence-electron chi connectivity index (χ4n) is 2.92. The quantitative estimate of drug-likeness (QED) is 0.649. The van der Waals surface area contributed by atoms with Gasteiger partial charge in [0, 0.05) is 23.5 Å². The summed E-state index contributed by atoms with van der Waals surface area (Å²) in [5, 5.41) is 2.67. The third-order valence-corrected chi connectivity index (χ3v) is 7.46. The van der Waals surface area contributed by atoms with Crippen LogP contribution in [0.3, 0.4) is 0 Å². The van der Waals surface area contributed by atoms with Crippen molar-refractivity contribution < 1.29 is 13.7 Å². The molecule has 2 heterocycles. The SMILES string of the molecule is CC1C(c2ccc(Br)s2)N[S+]([O-])N(C)C1C(=O)Nc1ccc(F)c(Cl)c1. The molecule has 1 aliphatic heterocycles. The number of hydrogen-bond acceptors (Lipinski definition) is 5. The first kappa shape index (κ1) is 20.1. The Balaban J connectivity index is 1.83. The number of carbonyl (C=O) groups excluding carboxylic acids is 1. The van der Waals surface area contributed by atoms with Gasteiger partial charge in [-0.05, 0) is 46.3 Å². The minimum Gasteiger partial charge on any atom is -0.579 e. The van der Waals surface area contributed by atoms with E-state index in [1.54, 1.807) is 7.05 Å². The summed E-state index contributed by atoms with van der Waals surface area (Å²) in [6.07, 6.45) is 0. The third-order valence-electron chi connectivity index (χ3n) is 4.26. The molecule has 140 valence electrons. The maximum absolute atomic E-state index is 13.3. The summed E-state index contributed by atoms with van der Waals surface area (Å²) in [5.74, 6) is -1.03. The zero-order chi connectivity index (χ0) is 19.0. The van der Waals surface area contributed by atoms with Crippen molar-refractivity contribution in [1.29, 1.82) is 0 Å². The van der Waals surface area contributed by atoms with Crippen LogP contribution in [0.5, 0.6) is 0 Å². The summed E-state index contributed by atoms with van der Waals surface area (Å²) < 4.78 is 31.3. The highest BCUT2D eigenvalue weighted by atomic mass is 79.9. The lowest BCUT2D eigenvalue weighted by Crippen LogP contribution is -2.60. The number of thiophene rings is 1. The molecule has 3 rings (SSSR count). The zero-order valence-electron chi connectivity index (χ0n) is 13.8.